The molecule has 2 rings (SSSR count). The van der Waals surface area contributed by atoms with E-state index in [-0.39, 0.29) is 12.0 Å². The van der Waals surface area contributed by atoms with Gasteiger partial charge in [-0.25, -0.2) is 9.18 Å². The van der Waals surface area contributed by atoms with Crippen LogP contribution in [0.3, 0.4) is 0 Å². The molecule has 1 aromatic carbocycles. The summed E-state index contributed by atoms with van der Waals surface area (Å²) in [5, 5.41) is 0. The average molecular weight is 269 g/mol. The van der Waals surface area contributed by atoms with Gasteiger partial charge in [-0.2, -0.15) is 0 Å². The van der Waals surface area contributed by atoms with Crippen molar-refractivity contribution in [1.82, 2.24) is 4.98 Å². The summed E-state index contributed by atoms with van der Waals surface area (Å²) in [4.78, 5) is 16.1. The minimum atomic E-state index is -0.756. The zero-order chi connectivity index (χ0) is 14.4. The number of carbonyl (C=O) groups is 1. The van der Waals surface area contributed by atoms with Gasteiger partial charge in [-0.05, 0) is 24.3 Å². The number of nitrogens with zero attached hydrogens (tertiary/aromatic N) is 1. The Balaban J connectivity index is 2.19. The van der Waals surface area contributed by atoms with E-state index in [1.54, 1.807) is 30.5 Å². The van der Waals surface area contributed by atoms with Crippen molar-refractivity contribution in [3.63, 3.8) is 0 Å². The molecule has 0 aliphatic rings. The Kier molecular flexibility index (Phi) is 4.46. The van der Waals surface area contributed by atoms with Gasteiger partial charge >= 0.3 is 5.97 Å². The lowest BCUT2D eigenvalue weighted by atomic mass is 10.1. The summed E-state index contributed by atoms with van der Waals surface area (Å²) in [5.74, 6) is 1.04. The van der Waals surface area contributed by atoms with Gasteiger partial charge in [0.25, 0.3) is 0 Å². The van der Waals surface area contributed by atoms with Crippen LogP contribution in [0.2, 0.25) is 0 Å². The van der Waals surface area contributed by atoms with E-state index in [4.69, 9.17) is 11.2 Å². The van der Waals surface area contributed by atoms with E-state index in [1.165, 1.54) is 18.2 Å². The number of hydrogen-bond acceptors (Lipinski definition) is 3. The van der Waals surface area contributed by atoms with Crippen LogP contribution in [0.15, 0.2) is 48.7 Å². The van der Waals surface area contributed by atoms with Gasteiger partial charge < -0.3 is 4.74 Å². The van der Waals surface area contributed by atoms with Gasteiger partial charge in [0, 0.05) is 6.20 Å². The lowest BCUT2D eigenvalue weighted by molar-refractivity contribution is 0.0293. The monoisotopic (exact) mass is 269 g/mol. The minimum Gasteiger partial charge on any atom is -0.451 e. The maximum atomic E-state index is 13.5. The molecule has 0 aliphatic carbocycles. The second-order valence-electron chi connectivity index (χ2n) is 4.04. The molecule has 0 saturated carbocycles. The fourth-order valence-electron chi connectivity index (χ4n) is 1.70. The van der Waals surface area contributed by atoms with Crippen LogP contribution >= 0.6 is 0 Å². The SMILES string of the molecule is C#CCC(OC(=O)c1ccccc1F)c1ccccn1. The number of ether oxygens (including phenoxy) is 1. The molecule has 0 spiro atoms. The molecular weight excluding hydrogens is 257 g/mol. The van der Waals surface area contributed by atoms with Crippen molar-refractivity contribution in [2.24, 2.45) is 0 Å². The first kappa shape index (κ1) is 13.8. The topological polar surface area (TPSA) is 39.2 Å². The second kappa shape index (κ2) is 6.48. The lowest BCUT2D eigenvalue weighted by Gasteiger charge is -2.15. The van der Waals surface area contributed by atoms with Crippen molar-refractivity contribution < 1.29 is 13.9 Å². The molecule has 0 bridgehead atoms. The molecule has 0 N–H and O–H groups in total. The highest BCUT2D eigenvalue weighted by Gasteiger charge is 2.20. The molecule has 3 nitrogen and oxygen atoms in total. The first-order valence-corrected chi connectivity index (χ1v) is 6.02. The Hall–Kier alpha value is -2.67. The van der Waals surface area contributed by atoms with Gasteiger partial charge in [0.2, 0.25) is 0 Å². The van der Waals surface area contributed by atoms with Crippen LogP contribution in [0.25, 0.3) is 0 Å². The summed E-state index contributed by atoms with van der Waals surface area (Å²) >= 11 is 0. The number of benzene rings is 1. The number of rotatable bonds is 4. The van der Waals surface area contributed by atoms with Crippen LogP contribution in [-0.4, -0.2) is 11.0 Å². The third kappa shape index (κ3) is 3.21. The van der Waals surface area contributed by atoms with Crippen LogP contribution in [0, 0.1) is 18.2 Å². The summed E-state index contributed by atoms with van der Waals surface area (Å²) < 4.78 is 18.8. The third-order valence-corrected chi connectivity index (χ3v) is 2.66. The second-order valence-corrected chi connectivity index (χ2v) is 4.04. The molecule has 1 heterocycles. The van der Waals surface area contributed by atoms with Gasteiger partial charge in [0.15, 0.2) is 6.10 Å². The van der Waals surface area contributed by atoms with E-state index >= 15 is 0 Å². The Morgan fingerprint density at radius 2 is 2.05 bits per heavy atom. The van der Waals surface area contributed by atoms with E-state index in [0.717, 1.165) is 0 Å². The van der Waals surface area contributed by atoms with Crippen molar-refractivity contribution in [2.45, 2.75) is 12.5 Å². The Labute approximate surface area is 116 Å². The predicted octanol–water partition coefficient (Wildman–Crippen LogP) is 3.14. The van der Waals surface area contributed by atoms with Crippen molar-refractivity contribution in [2.75, 3.05) is 0 Å². The predicted molar refractivity (Wildman–Crippen MR) is 72.2 cm³/mol. The highest BCUT2D eigenvalue weighted by Crippen LogP contribution is 2.21. The number of aromatic nitrogens is 1. The van der Waals surface area contributed by atoms with Crippen LogP contribution in [-0.2, 0) is 4.74 Å². The smallest absolute Gasteiger partial charge is 0.341 e. The Morgan fingerprint density at radius 3 is 2.70 bits per heavy atom. The molecule has 1 unspecified atom stereocenters. The number of carbonyl (C=O) groups excluding carboxylic acids is 1. The first-order chi connectivity index (χ1) is 9.72. The van der Waals surface area contributed by atoms with Gasteiger partial charge in [0.05, 0.1) is 17.7 Å². The summed E-state index contributed by atoms with van der Waals surface area (Å²) in [6.07, 6.45) is 6.34. The summed E-state index contributed by atoms with van der Waals surface area (Å²) in [7, 11) is 0. The molecule has 0 fully saturated rings. The van der Waals surface area contributed by atoms with E-state index < -0.39 is 17.9 Å². The maximum absolute atomic E-state index is 13.5. The van der Waals surface area contributed by atoms with E-state index in [0.29, 0.717) is 5.69 Å². The molecule has 0 aliphatic heterocycles. The number of esters is 1. The molecule has 0 amide bonds. The van der Waals surface area contributed by atoms with Gasteiger partial charge in [0.1, 0.15) is 5.82 Å². The normalized spacial score (nSPS) is 11.4. The summed E-state index contributed by atoms with van der Waals surface area (Å²) in [5.41, 5.74) is 0.417. The lowest BCUT2D eigenvalue weighted by Crippen LogP contribution is -2.13. The quantitative estimate of drug-likeness (QED) is 0.632. The highest BCUT2D eigenvalue weighted by molar-refractivity contribution is 5.89. The highest BCUT2D eigenvalue weighted by atomic mass is 19.1. The zero-order valence-corrected chi connectivity index (χ0v) is 10.6. The molecule has 20 heavy (non-hydrogen) atoms. The van der Waals surface area contributed by atoms with Crippen molar-refractivity contribution in [3.8, 4) is 12.3 Å². The number of terminal acetylenes is 1. The van der Waals surface area contributed by atoms with E-state index in [9.17, 15) is 9.18 Å². The minimum absolute atomic E-state index is 0.120. The first-order valence-electron chi connectivity index (χ1n) is 6.02. The molecule has 100 valence electrons. The molecule has 1 aromatic heterocycles. The van der Waals surface area contributed by atoms with E-state index in [2.05, 4.69) is 10.9 Å². The molecular formula is C16H12FNO2. The standard InChI is InChI=1S/C16H12FNO2/c1-2-7-15(14-10-5-6-11-18-14)20-16(19)12-8-3-4-9-13(12)17/h1,3-6,8-11,15H,7H2. The zero-order valence-electron chi connectivity index (χ0n) is 10.6. The Morgan fingerprint density at radius 1 is 1.30 bits per heavy atom. The maximum Gasteiger partial charge on any atom is 0.341 e. The molecule has 0 saturated heterocycles. The largest absolute Gasteiger partial charge is 0.451 e. The van der Waals surface area contributed by atoms with Crippen LogP contribution < -0.4 is 0 Å². The van der Waals surface area contributed by atoms with Crippen LogP contribution in [0.1, 0.15) is 28.6 Å². The van der Waals surface area contributed by atoms with Crippen molar-refractivity contribution >= 4 is 5.97 Å². The van der Waals surface area contributed by atoms with Gasteiger partial charge in [-0.3, -0.25) is 4.98 Å². The molecule has 1 atom stereocenters. The van der Waals surface area contributed by atoms with Gasteiger partial charge in [-0.1, -0.05) is 18.2 Å². The number of pyridine rings is 1. The fourth-order valence-corrected chi connectivity index (χ4v) is 1.70. The fraction of sp³-hybridized carbons (Fsp3) is 0.125. The molecule has 2 aromatic rings. The van der Waals surface area contributed by atoms with Crippen LogP contribution in [0.5, 0.6) is 0 Å². The third-order valence-electron chi connectivity index (χ3n) is 2.66. The average Bonchev–Trinajstić information content (AvgIpc) is 2.48. The van der Waals surface area contributed by atoms with Gasteiger partial charge in [-0.15, -0.1) is 12.3 Å². The number of halogens is 1. The van der Waals surface area contributed by atoms with Crippen molar-refractivity contribution in [3.05, 3.63) is 65.7 Å². The summed E-state index contributed by atoms with van der Waals surface area (Å²) in [6, 6.07) is 10.9. The summed E-state index contributed by atoms with van der Waals surface area (Å²) in [6.45, 7) is 0. The Bertz CT molecular complexity index is 634. The molecule has 4 heteroatoms. The van der Waals surface area contributed by atoms with Crippen molar-refractivity contribution in [1.29, 1.82) is 0 Å². The van der Waals surface area contributed by atoms with Crippen LogP contribution in [0.4, 0.5) is 4.39 Å². The number of hydrogen-bond donors (Lipinski definition) is 0. The van der Waals surface area contributed by atoms with E-state index in [1.807, 2.05) is 0 Å². The molecule has 0 radical (unpaired) electrons.